The highest BCUT2D eigenvalue weighted by Crippen LogP contribution is 2.48. The Hall–Kier alpha value is -4.20. The number of nitrogens with zero attached hydrogens (tertiary/aromatic N) is 4. The van der Waals surface area contributed by atoms with Crippen molar-refractivity contribution in [2.45, 2.75) is 69.9 Å². The van der Waals surface area contributed by atoms with Crippen molar-refractivity contribution >= 4 is 19.5 Å². The molecule has 3 heterocycles. The lowest BCUT2D eigenvalue weighted by molar-refractivity contribution is -0.0964. The number of fused-ring (bicyclic) bond motifs is 1. The van der Waals surface area contributed by atoms with Crippen LogP contribution in [-0.2, 0) is 29.1 Å². The van der Waals surface area contributed by atoms with Crippen molar-refractivity contribution in [2.24, 2.45) is 0 Å². The zero-order valence-electron chi connectivity index (χ0n) is 32.7. The second-order valence-corrected chi connectivity index (χ2v) is 15.5. The van der Waals surface area contributed by atoms with Crippen LogP contribution in [0.15, 0.2) is 96.3 Å². The maximum Gasteiger partial charge on any atom is 0.278 e. The van der Waals surface area contributed by atoms with Crippen LogP contribution in [0.1, 0.15) is 50.6 Å². The third kappa shape index (κ3) is 8.49. The Morgan fingerprint density at radius 3 is 2.00 bits per heavy atom. The molecule has 1 aliphatic heterocycles. The Balaban J connectivity index is 1.48. The number of benzene rings is 3. The number of imidazole rings is 1. The minimum atomic E-state index is -1.14. The zero-order chi connectivity index (χ0) is 39.1. The molecule has 14 heteroatoms. The van der Waals surface area contributed by atoms with E-state index >= 15 is 0 Å². The highest BCUT2D eigenvalue weighted by Gasteiger charge is 2.51. The fourth-order valence-corrected chi connectivity index (χ4v) is 9.46. The van der Waals surface area contributed by atoms with E-state index < -0.39 is 38.4 Å². The van der Waals surface area contributed by atoms with Gasteiger partial charge >= 0.3 is 0 Å². The molecule has 1 saturated heterocycles. The molecule has 294 valence electrons. The molecule has 6 rings (SSSR count). The Labute approximate surface area is 323 Å². The van der Waals surface area contributed by atoms with Crippen molar-refractivity contribution in [3.8, 4) is 11.5 Å². The summed E-state index contributed by atoms with van der Waals surface area (Å²) < 4.78 is 48.7. The van der Waals surface area contributed by atoms with E-state index in [1.165, 1.54) is 6.33 Å². The lowest BCUT2D eigenvalue weighted by atomic mass is 9.80. The molecular weight excluding hydrogens is 721 g/mol. The van der Waals surface area contributed by atoms with Crippen LogP contribution < -0.4 is 15.0 Å². The van der Waals surface area contributed by atoms with E-state index in [4.69, 9.17) is 32.9 Å². The summed E-state index contributed by atoms with van der Waals surface area (Å²) in [6.07, 6.45) is 0.246. The predicted octanol–water partition coefficient (Wildman–Crippen LogP) is 6.52. The van der Waals surface area contributed by atoms with Crippen LogP contribution in [-0.4, -0.2) is 102 Å². The number of ether oxygens (including phenoxy) is 6. The summed E-state index contributed by atoms with van der Waals surface area (Å²) in [5.41, 5.74) is 1.80. The van der Waals surface area contributed by atoms with Gasteiger partial charge in [-0.15, -0.1) is 0 Å². The SMILES string of the molecule is COCCO[C@@H]1[C@H](OP(C)N(C(C)C)C(C)C)[C@@H](COC(c2ccccc2)(c2ccc(OC)cc2)c2ccc(OC)cc2)O[C@H]1n1cnc2c(=O)[nH]cnc21. The molecule has 55 heavy (non-hydrogen) atoms. The zero-order valence-corrected chi connectivity index (χ0v) is 33.6. The van der Waals surface area contributed by atoms with E-state index in [0.29, 0.717) is 12.3 Å². The minimum absolute atomic E-state index is 0.0887. The molecule has 0 aliphatic carbocycles. The second-order valence-electron chi connectivity index (χ2n) is 13.9. The van der Waals surface area contributed by atoms with Crippen LogP contribution >= 0.6 is 8.30 Å². The third-order valence-electron chi connectivity index (χ3n) is 9.82. The maximum atomic E-state index is 12.8. The first kappa shape index (κ1) is 40.5. The van der Waals surface area contributed by atoms with Gasteiger partial charge in [-0.05, 0) is 75.3 Å². The van der Waals surface area contributed by atoms with Gasteiger partial charge in [0.05, 0.1) is 46.7 Å². The first-order valence-electron chi connectivity index (χ1n) is 18.5. The van der Waals surface area contributed by atoms with E-state index in [0.717, 1.165) is 28.2 Å². The molecule has 1 fully saturated rings. The highest BCUT2D eigenvalue weighted by atomic mass is 31.2. The lowest BCUT2D eigenvalue weighted by Crippen LogP contribution is -2.43. The molecule has 0 amide bonds. The number of nitrogens with one attached hydrogen (secondary N) is 1. The number of H-pyrrole nitrogens is 1. The first-order chi connectivity index (χ1) is 26.6. The van der Waals surface area contributed by atoms with Gasteiger partial charge in [0.1, 0.15) is 43.7 Å². The summed E-state index contributed by atoms with van der Waals surface area (Å²) >= 11 is 0. The summed E-state index contributed by atoms with van der Waals surface area (Å²) in [6.45, 7) is 11.5. The summed E-state index contributed by atoms with van der Waals surface area (Å²) in [4.78, 5) is 24.3. The quantitative estimate of drug-likeness (QED) is 0.0594. The van der Waals surface area contributed by atoms with Crippen LogP contribution in [0.25, 0.3) is 11.2 Å². The smallest absolute Gasteiger partial charge is 0.278 e. The van der Waals surface area contributed by atoms with Crippen molar-refractivity contribution in [3.63, 3.8) is 0 Å². The topological polar surface area (TPSA) is 131 Å². The maximum absolute atomic E-state index is 12.8. The molecule has 13 nitrogen and oxygen atoms in total. The number of rotatable bonds is 18. The molecule has 0 saturated carbocycles. The number of aromatic amines is 1. The van der Waals surface area contributed by atoms with Crippen LogP contribution in [0.2, 0.25) is 0 Å². The number of methoxy groups -OCH3 is 3. The van der Waals surface area contributed by atoms with Gasteiger partial charge in [-0.2, -0.15) is 0 Å². The van der Waals surface area contributed by atoms with E-state index in [9.17, 15) is 4.79 Å². The average molecular weight is 774 g/mol. The number of aromatic nitrogens is 4. The number of hydrogen-bond donors (Lipinski definition) is 1. The van der Waals surface area contributed by atoms with Gasteiger partial charge in [-0.1, -0.05) is 54.6 Å². The van der Waals surface area contributed by atoms with E-state index in [1.54, 1.807) is 32.2 Å². The predicted molar refractivity (Wildman–Crippen MR) is 212 cm³/mol. The van der Waals surface area contributed by atoms with Gasteiger partial charge in [0.2, 0.25) is 0 Å². The molecule has 1 unspecified atom stereocenters. The molecule has 0 radical (unpaired) electrons. The fraction of sp³-hybridized carbons (Fsp3) is 0.439. The summed E-state index contributed by atoms with van der Waals surface area (Å²) in [5.74, 6) is 1.45. The van der Waals surface area contributed by atoms with Crippen molar-refractivity contribution in [1.82, 2.24) is 24.2 Å². The van der Waals surface area contributed by atoms with Crippen LogP contribution in [0.3, 0.4) is 0 Å². The van der Waals surface area contributed by atoms with Crippen LogP contribution in [0, 0.1) is 0 Å². The molecule has 1 aliphatic rings. The highest BCUT2D eigenvalue weighted by molar-refractivity contribution is 7.49. The Bertz CT molecular complexity index is 1950. The van der Waals surface area contributed by atoms with Gasteiger partial charge in [0, 0.05) is 19.2 Å². The normalized spacial score (nSPS) is 19.5. The molecule has 1 N–H and O–H groups in total. The van der Waals surface area contributed by atoms with Gasteiger partial charge in [-0.3, -0.25) is 14.0 Å². The molecule has 5 aromatic rings. The van der Waals surface area contributed by atoms with E-state index in [2.05, 4.69) is 66.1 Å². The monoisotopic (exact) mass is 773 g/mol. The molecule has 3 aromatic carbocycles. The Morgan fingerprint density at radius 1 is 0.836 bits per heavy atom. The standard InChI is InChI=1S/C41H52N5O8P/c1-27(2)46(28(3)4)55(8)54-36-34(53-40(37(36)51-23-22-48-5)45-26-44-35-38(45)42-25-43-39(35)47)24-52-41(29-12-10-9-11-13-29,30-14-18-32(49-6)19-15-30)31-16-20-33(50-7)21-17-31/h9-21,25-28,34,36-37,40H,22-24H2,1-8H3,(H,42,43,47)/t34-,36-,37-,40-,55?/m1/s1. The molecule has 2 aromatic heterocycles. The van der Waals surface area contributed by atoms with Crippen molar-refractivity contribution in [2.75, 3.05) is 47.8 Å². The van der Waals surface area contributed by atoms with Crippen molar-refractivity contribution in [1.29, 1.82) is 0 Å². The fourth-order valence-electron chi connectivity index (χ4n) is 7.45. The second kappa shape index (κ2) is 18.2. The Kier molecular flexibility index (Phi) is 13.4. The summed E-state index contributed by atoms with van der Waals surface area (Å²) in [5, 5.41) is 0. The lowest BCUT2D eigenvalue weighted by Gasteiger charge is -2.39. The minimum Gasteiger partial charge on any atom is -0.497 e. The third-order valence-corrected chi connectivity index (χ3v) is 11.9. The van der Waals surface area contributed by atoms with Crippen molar-refractivity contribution < 1.29 is 32.9 Å². The van der Waals surface area contributed by atoms with Gasteiger partial charge in [-0.25, -0.2) is 9.97 Å². The average Bonchev–Trinajstić information content (AvgIpc) is 3.77. The largest absolute Gasteiger partial charge is 0.497 e. The van der Waals surface area contributed by atoms with Gasteiger partial charge in [0.15, 0.2) is 17.4 Å². The molecule has 5 atom stereocenters. The summed E-state index contributed by atoms with van der Waals surface area (Å²) in [7, 11) is 3.79. The molecule has 0 bridgehead atoms. The summed E-state index contributed by atoms with van der Waals surface area (Å²) in [6, 6.07) is 26.4. The van der Waals surface area contributed by atoms with E-state index in [1.807, 2.05) is 66.7 Å². The van der Waals surface area contributed by atoms with Crippen LogP contribution in [0.4, 0.5) is 0 Å². The molecular formula is C41H52N5O8P. The van der Waals surface area contributed by atoms with E-state index in [-0.39, 0.29) is 36.4 Å². The van der Waals surface area contributed by atoms with Crippen molar-refractivity contribution in [3.05, 3.63) is 119 Å². The molecule has 0 spiro atoms. The Morgan fingerprint density at radius 2 is 1.44 bits per heavy atom. The van der Waals surface area contributed by atoms with Gasteiger partial charge in [0.25, 0.3) is 5.56 Å². The first-order valence-corrected chi connectivity index (χ1v) is 20.1. The van der Waals surface area contributed by atoms with Gasteiger partial charge < -0.3 is 37.9 Å². The number of hydrogen-bond acceptors (Lipinski definition) is 11. The van der Waals surface area contributed by atoms with Crippen LogP contribution in [0.5, 0.6) is 11.5 Å².